The van der Waals surface area contributed by atoms with Gasteiger partial charge in [-0.2, -0.15) is 0 Å². The van der Waals surface area contributed by atoms with Crippen molar-refractivity contribution < 1.29 is 4.74 Å². The van der Waals surface area contributed by atoms with Crippen LogP contribution in [-0.2, 0) is 4.74 Å². The molecule has 0 amide bonds. The number of hydrogen-bond acceptors (Lipinski definition) is 6. The van der Waals surface area contributed by atoms with Crippen LogP contribution in [0.25, 0.3) is 11.4 Å². The summed E-state index contributed by atoms with van der Waals surface area (Å²) in [4.78, 5) is 14.6. The lowest BCUT2D eigenvalue weighted by atomic mass is 10.2. The highest BCUT2D eigenvalue weighted by atomic mass is 16.5. The van der Waals surface area contributed by atoms with Gasteiger partial charge >= 0.3 is 0 Å². The lowest BCUT2D eigenvalue weighted by Gasteiger charge is -2.26. The smallest absolute Gasteiger partial charge is 0.163 e. The van der Waals surface area contributed by atoms with Crippen molar-refractivity contribution >= 4 is 11.6 Å². The number of anilines is 2. The summed E-state index contributed by atoms with van der Waals surface area (Å²) in [5.74, 6) is 2.77. The Morgan fingerprint density at radius 1 is 0.893 bits per heavy atom. The SMILES string of the molecule is c1ccc(-c2nc(NCCN3CCOCC3)cc(N3CCCCCC3)n2)cc1. The van der Waals surface area contributed by atoms with Gasteiger partial charge in [-0.25, -0.2) is 9.97 Å². The number of aromatic nitrogens is 2. The average molecular weight is 382 g/mol. The number of nitrogens with zero attached hydrogens (tertiary/aromatic N) is 4. The van der Waals surface area contributed by atoms with Gasteiger partial charge in [0.2, 0.25) is 0 Å². The van der Waals surface area contributed by atoms with Crippen molar-refractivity contribution in [1.82, 2.24) is 14.9 Å². The molecule has 2 saturated heterocycles. The maximum absolute atomic E-state index is 5.43. The van der Waals surface area contributed by atoms with E-state index in [-0.39, 0.29) is 0 Å². The second-order valence-corrected chi connectivity index (χ2v) is 7.58. The molecule has 4 rings (SSSR count). The van der Waals surface area contributed by atoms with Crippen molar-refractivity contribution in [2.45, 2.75) is 25.7 Å². The summed E-state index contributed by atoms with van der Waals surface area (Å²) in [7, 11) is 0. The minimum absolute atomic E-state index is 0.802. The Bertz CT molecular complexity index is 725. The van der Waals surface area contributed by atoms with Crippen molar-refractivity contribution in [3.63, 3.8) is 0 Å². The zero-order valence-electron chi connectivity index (χ0n) is 16.6. The molecule has 0 aliphatic carbocycles. The van der Waals surface area contributed by atoms with Crippen LogP contribution in [-0.4, -0.2) is 67.4 Å². The third-order valence-electron chi connectivity index (χ3n) is 5.51. The van der Waals surface area contributed by atoms with Gasteiger partial charge in [-0.15, -0.1) is 0 Å². The Morgan fingerprint density at radius 3 is 2.39 bits per heavy atom. The number of rotatable bonds is 6. The first-order chi connectivity index (χ1) is 13.9. The first-order valence-corrected chi connectivity index (χ1v) is 10.6. The summed E-state index contributed by atoms with van der Waals surface area (Å²) in [5.41, 5.74) is 1.07. The van der Waals surface area contributed by atoms with Crippen LogP contribution in [0.3, 0.4) is 0 Å². The van der Waals surface area contributed by atoms with Crippen LogP contribution in [0.15, 0.2) is 36.4 Å². The highest BCUT2D eigenvalue weighted by molar-refractivity contribution is 5.61. The van der Waals surface area contributed by atoms with E-state index in [0.717, 1.165) is 75.5 Å². The van der Waals surface area contributed by atoms with Crippen LogP contribution < -0.4 is 10.2 Å². The van der Waals surface area contributed by atoms with Gasteiger partial charge in [0.1, 0.15) is 11.6 Å². The molecule has 6 heteroatoms. The molecule has 2 aliphatic heterocycles. The number of ether oxygens (including phenoxy) is 1. The number of morpholine rings is 1. The summed E-state index contributed by atoms with van der Waals surface area (Å²) < 4.78 is 5.43. The molecule has 0 radical (unpaired) electrons. The fraction of sp³-hybridized carbons (Fsp3) is 0.545. The predicted octanol–water partition coefficient (Wildman–Crippen LogP) is 3.27. The van der Waals surface area contributed by atoms with E-state index in [1.54, 1.807) is 0 Å². The molecule has 0 unspecified atom stereocenters. The van der Waals surface area contributed by atoms with Crippen molar-refractivity contribution in [2.24, 2.45) is 0 Å². The molecule has 1 aromatic heterocycles. The van der Waals surface area contributed by atoms with Crippen LogP contribution >= 0.6 is 0 Å². The van der Waals surface area contributed by atoms with Crippen LogP contribution in [0.4, 0.5) is 11.6 Å². The molecular weight excluding hydrogens is 350 g/mol. The minimum atomic E-state index is 0.802. The highest BCUT2D eigenvalue weighted by Crippen LogP contribution is 2.24. The maximum atomic E-state index is 5.43. The Morgan fingerprint density at radius 2 is 1.64 bits per heavy atom. The van der Waals surface area contributed by atoms with E-state index in [4.69, 9.17) is 14.7 Å². The standard InChI is InChI=1S/C22H31N5O/c1-2-7-12-27(11-6-1)21-18-20(23-10-13-26-14-16-28-17-15-26)24-22(25-21)19-8-4-3-5-9-19/h3-5,8-9,18H,1-2,6-7,10-17H2,(H,23,24,25). The molecule has 2 fully saturated rings. The summed E-state index contributed by atoms with van der Waals surface area (Å²) >= 11 is 0. The van der Waals surface area contributed by atoms with Crippen LogP contribution in [0.1, 0.15) is 25.7 Å². The molecular formula is C22H31N5O. The monoisotopic (exact) mass is 381 g/mol. The van der Waals surface area contributed by atoms with Gasteiger partial charge in [0.25, 0.3) is 0 Å². The molecule has 1 N–H and O–H groups in total. The van der Waals surface area contributed by atoms with E-state index in [9.17, 15) is 0 Å². The normalized spacial score (nSPS) is 18.6. The Kier molecular flexibility index (Phi) is 6.73. The number of hydrogen-bond donors (Lipinski definition) is 1. The van der Waals surface area contributed by atoms with Crippen molar-refractivity contribution in [1.29, 1.82) is 0 Å². The summed E-state index contributed by atoms with van der Waals surface area (Å²) in [6, 6.07) is 12.4. The van der Waals surface area contributed by atoms with Gasteiger partial charge in [-0.3, -0.25) is 4.90 Å². The summed E-state index contributed by atoms with van der Waals surface area (Å²) in [5, 5.41) is 3.54. The van der Waals surface area contributed by atoms with Crippen LogP contribution in [0, 0.1) is 0 Å². The number of benzene rings is 1. The first-order valence-electron chi connectivity index (χ1n) is 10.6. The maximum Gasteiger partial charge on any atom is 0.163 e. The van der Waals surface area contributed by atoms with Gasteiger partial charge in [-0.1, -0.05) is 43.2 Å². The van der Waals surface area contributed by atoms with Crippen LogP contribution in [0.2, 0.25) is 0 Å². The molecule has 0 spiro atoms. The molecule has 0 bridgehead atoms. The van der Waals surface area contributed by atoms with Gasteiger partial charge in [0, 0.05) is 50.9 Å². The lowest BCUT2D eigenvalue weighted by molar-refractivity contribution is 0.0398. The van der Waals surface area contributed by atoms with Gasteiger partial charge < -0.3 is 15.0 Å². The molecule has 28 heavy (non-hydrogen) atoms. The Hall–Kier alpha value is -2.18. The molecule has 2 aromatic rings. The second-order valence-electron chi connectivity index (χ2n) is 7.58. The first kappa shape index (κ1) is 19.2. The number of nitrogens with one attached hydrogen (secondary N) is 1. The fourth-order valence-corrected chi connectivity index (χ4v) is 3.87. The predicted molar refractivity (Wildman–Crippen MR) is 114 cm³/mol. The quantitative estimate of drug-likeness (QED) is 0.829. The Balaban J connectivity index is 1.51. The average Bonchev–Trinajstić information content (AvgIpc) is 3.05. The van der Waals surface area contributed by atoms with E-state index in [2.05, 4.69) is 33.3 Å². The molecule has 1 aromatic carbocycles. The molecule has 2 aliphatic rings. The Labute approximate surface area is 167 Å². The van der Waals surface area contributed by atoms with E-state index >= 15 is 0 Å². The van der Waals surface area contributed by atoms with E-state index in [1.807, 2.05) is 18.2 Å². The molecule has 0 atom stereocenters. The topological polar surface area (TPSA) is 53.5 Å². The van der Waals surface area contributed by atoms with Gasteiger partial charge in [-0.05, 0) is 12.8 Å². The molecule has 150 valence electrons. The minimum Gasteiger partial charge on any atom is -0.379 e. The van der Waals surface area contributed by atoms with E-state index in [1.165, 1.54) is 25.7 Å². The zero-order chi connectivity index (χ0) is 19.0. The van der Waals surface area contributed by atoms with Crippen LogP contribution in [0.5, 0.6) is 0 Å². The van der Waals surface area contributed by atoms with E-state index in [0.29, 0.717) is 0 Å². The second kappa shape index (κ2) is 9.85. The van der Waals surface area contributed by atoms with Gasteiger partial charge in [0.15, 0.2) is 5.82 Å². The summed E-state index contributed by atoms with van der Waals surface area (Å²) in [6.07, 6.45) is 5.12. The third-order valence-corrected chi connectivity index (χ3v) is 5.51. The van der Waals surface area contributed by atoms with Crippen molar-refractivity contribution in [3.05, 3.63) is 36.4 Å². The lowest BCUT2D eigenvalue weighted by Crippen LogP contribution is -2.39. The summed E-state index contributed by atoms with van der Waals surface area (Å²) in [6.45, 7) is 7.75. The zero-order valence-corrected chi connectivity index (χ0v) is 16.6. The third kappa shape index (κ3) is 5.20. The van der Waals surface area contributed by atoms with Crippen molar-refractivity contribution in [2.75, 3.05) is 62.7 Å². The molecule has 6 nitrogen and oxygen atoms in total. The highest BCUT2D eigenvalue weighted by Gasteiger charge is 2.15. The molecule has 0 saturated carbocycles. The largest absolute Gasteiger partial charge is 0.379 e. The van der Waals surface area contributed by atoms with Crippen molar-refractivity contribution in [3.8, 4) is 11.4 Å². The molecule has 3 heterocycles. The fourth-order valence-electron chi connectivity index (χ4n) is 3.87. The van der Waals surface area contributed by atoms with E-state index < -0.39 is 0 Å². The van der Waals surface area contributed by atoms with Gasteiger partial charge in [0.05, 0.1) is 13.2 Å².